The highest BCUT2D eigenvalue weighted by molar-refractivity contribution is 6.28. The van der Waals surface area contributed by atoms with Crippen molar-refractivity contribution in [2.45, 2.75) is 0 Å². The van der Waals surface area contributed by atoms with Crippen LogP contribution in [0, 0.1) is 0 Å². The summed E-state index contributed by atoms with van der Waals surface area (Å²) in [5.74, 6) is 0. The van der Waals surface area contributed by atoms with Crippen molar-refractivity contribution in [2.24, 2.45) is 0 Å². The Morgan fingerprint density at radius 2 is 0.881 bits per heavy atom. The molecule has 0 saturated carbocycles. The van der Waals surface area contributed by atoms with E-state index >= 15 is 0 Å². The average molecular weight is 751 g/mol. The summed E-state index contributed by atoms with van der Waals surface area (Å²) in [4.78, 5) is 15.8. The van der Waals surface area contributed by atoms with Crippen molar-refractivity contribution in [3.05, 3.63) is 206 Å². The van der Waals surface area contributed by atoms with Gasteiger partial charge in [0, 0.05) is 65.6 Å². The van der Waals surface area contributed by atoms with Gasteiger partial charge in [0.2, 0.25) is 0 Å². The molecule has 59 heavy (non-hydrogen) atoms. The van der Waals surface area contributed by atoms with Crippen molar-refractivity contribution < 1.29 is 0 Å². The Morgan fingerprint density at radius 1 is 0.339 bits per heavy atom. The van der Waals surface area contributed by atoms with Gasteiger partial charge in [-0.15, -0.1) is 0 Å². The molecule has 12 aromatic rings. The third-order valence-corrected chi connectivity index (χ3v) is 11.7. The zero-order valence-electron chi connectivity index (χ0n) is 31.9. The van der Waals surface area contributed by atoms with Gasteiger partial charge in [0.15, 0.2) is 0 Å². The van der Waals surface area contributed by atoms with E-state index in [4.69, 9.17) is 15.0 Å². The lowest BCUT2D eigenvalue weighted by Crippen LogP contribution is -1.97. The minimum atomic E-state index is 0.901. The van der Waals surface area contributed by atoms with Crippen molar-refractivity contribution in [1.29, 1.82) is 0 Å². The van der Waals surface area contributed by atoms with E-state index in [2.05, 4.69) is 205 Å². The number of benzene rings is 8. The largest absolute Gasteiger partial charge is 0.308 e. The summed E-state index contributed by atoms with van der Waals surface area (Å²) >= 11 is 0. The lowest BCUT2D eigenvalue weighted by molar-refractivity contribution is 1.19. The van der Waals surface area contributed by atoms with Crippen LogP contribution in [0.15, 0.2) is 206 Å². The minimum absolute atomic E-state index is 0.901. The van der Waals surface area contributed by atoms with Crippen molar-refractivity contribution in [2.75, 3.05) is 0 Å². The predicted molar refractivity (Wildman–Crippen MR) is 246 cm³/mol. The number of hydrogen-bond acceptors (Lipinski definition) is 3. The maximum atomic E-state index is 5.33. The van der Waals surface area contributed by atoms with Crippen LogP contribution < -0.4 is 0 Å². The molecule has 4 heteroatoms. The van der Waals surface area contributed by atoms with Gasteiger partial charge in [0.1, 0.15) is 0 Å². The van der Waals surface area contributed by atoms with Crippen LogP contribution in [-0.4, -0.2) is 19.5 Å². The fraction of sp³-hybridized carbons (Fsp3) is 0. The molecule has 0 N–H and O–H groups in total. The van der Waals surface area contributed by atoms with Crippen LogP contribution >= 0.6 is 0 Å². The van der Waals surface area contributed by atoms with Crippen LogP contribution in [0.3, 0.4) is 0 Å². The molecule has 0 bridgehead atoms. The molecular weight excluding hydrogens is 717 g/mol. The van der Waals surface area contributed by atoms with Crippen LogP contribution in [0.4, 0.5) is 0 Å². The fourth-order valence-electron chi connectivity index (χ4n) is 9.02. The first-order chi connectivity index (χ1) is 29.3. The van der Waals surface area contributed by atoms with Gasteiger partial charge in [-0.3, -0.25) is 0 Å². The van der Waals surface area contributed by atoms with Crippen LogP contribution in [0.2, 0.25) is 0 Å². The molecule has 4 aromatic heterocycles. The molecule has 0 saturated heterocycles. The van der Waals surface area contributed by atoms with Gasteiger partial charge in [-0.05, 0) is 42.0 Å². The summed E-state index contributed by atoms with van der Waals surface area (Å²) in [6, 6.07) is 73.2. The smallest absolute Gasteiger partial charge is 0.0972 e. The Bertz CT molecular complexity index is 3590. The van der Waals surface area contributed by atoms with Crippen molar-refractivity contribution in [3.8, 4) is 50.6 Å². The number of pyridine rings is 3. The minimum Gasteiger partial charge on any atom is -0.308 e. The summed E-state index contributed by atoms with van der Waals surface area (Å²) < 4.78 is 2.48. The summed E-state index contributed by atoms with van der Waals surface area (Å²) in [5.41, 5.74) is 14.6. The second kappa shape index (κ2) is 13.3. The quantitative estimate of drug-likeness (QED) is 0.165. The standard InChI is InChI=1S/C55H34N4/c1-4-14-35(15-5-1)47-32-28-37-26-27-38-29-33-48(57-53(38)52(37)56-47)40-19-12-18-39(34-40)42-23-13-24-43-44-30-31-46-50(55(44)59(54(42)43)41-20-8-3-9-21-41)45-22-10-11-25-49(45)58-51(46)36-16-6-2-7-17-36/h1-34H. The third kappa shape index (κ3) is 5.34. The molecule has 0 radical (unpaired) electrons. The first-order valence-electron chi connectivity index (χ1n) is 20.0. The van der Waals surface area contributed by atoms with Crippen LogP contribution in [0.5, 0.6) is 0 Å². The van der Waals surface area contributed by atoms with Crippen LogP contribution in [0.1, 0.15) is 0 Å². The molecule has 8 aromatic carbocycles. The van der Waals surface area contributed by atoms with Gasteiger partial charge < -0.3 is 4.57 Å². The van der Waals surface area contributed by atoms with Gasteiger partial charge in [-0.25, -0.2) is 15.0 Å². The Hall–Kier alpha value is -7.95. The molecular formula is C55H34N4. The molecule has 0 fully saturated rings. The molecule has 0 spiro atoms. The van der Waals surface area contributed by atoms with Gasteiger partial charge in [-0.1, -0.05) is 170 Å². The van der Waals surface area contributed by atoms with Crippen molar-refractivity contribution >= 4 is 65.3 Å². The molecule has 0 aliphatic rings. The van der Waals surface area contributed by atoms with Gasteiger partial charge >= 0.3 is 0 Å². The van der Waals surface area contributed by atoms with E-state index in [1.54, 1.807) is 0 Å². The van der Waals surface area contributed by atoms with E-state index in [0.29, 0.717) is 0 Å². The van der Waals surface area contributed by atoms with E-state index in [1.807, 2.05) is 6.07 Å². The zero-order valence-corrected chi connectivity index (χ0v) is 31.9. The topological polar surface area (TPSA) is 43.6 Å². The summed E-state index contributed by atoms with van der Waals surface area (Å²) in [7, 11) is 0. The Morgan fingerprint density at radius 3 is 1.63 bits per heavy atom. The molecule has 0 unspecified atom stereocenters. The van der Waals surface area contributed by atoms with E-state index in [-0.39, 0.29) is 0 Å². The number of rotatable bonds is 5. The summed E-state index contributed by atoms with van der Waals surface area (Å²) in [5, 5.41) is 8.01. The number of fused-ring (bicyclic) bond motifs is 10. The maximum absolute atomic E-state index is 5.33. The highest BCUT2D eigenvalue weighted by Crippen LogP contribution is 2.44. The van der Waals surface area contributed by atoms with Crippen LogP contribution in [-0.2, 0) is 0 Å². The molecule has 0 aliphatic heterocycles. The van der Waals surface area contributed by atoms with E-state index < -0.39 is 0 Å². The Kier molecular flexibility index (Phi) is 7.50. The van der Waals surface area contributed by atoms with Gasteiger partial charge in [0.05, 0.1) is 44.7 Å². The molecule has 0 aliphatic carbocycles. The Balaban J connectivity index is 1.10. The molecule has 4 nitrogen and oxygen atoms in total. The molecule has 0 amide bonds. The zero-order chi connectivity index (χ0) is 38.9. The molecule has 4 heterocycles. The monoisotopic (exact) mass is 750 g/mol. The normalized spacial score (nSPS) is 11.7. The number of hydrogen-bond donors (Lipinski definition) is 0. The summed E-state index contributed by atoms with van der Waals surface area (Å²) in [6.45, 7) is 0. The highest BCUT2D eigenvalue weighted by atomic mass is 15.0. The number of nitrogens with zero attached hydrogens (tertiary/aromatic N) is 4. The first kappa shape index (κ1) is 33.2. The predicted octanol–water partition coefficient (Wildman–Crippen LogP) is 14.2. The van der Waals surface area contributed by atoms with E-state index in [0.717, 1.165) is 94.2 Å². The van der Waals surface area contributed by atoms with E-state index in [1.165, 1.54) is 21.7 Å². The second-order valence-electron chi connectivity index (χ2n) is 15.1. The molecule has 274 valence electrons. The lowest BCUT2D eigenvalue weighted by atomic mass is 9.97. The fourth-order valence-corrected chi connectivity index (χ4v) is 9.02. The second-order valence-corrected chi connectivity index (χ2v) is 15.1. The lowest BCUT2D eigenvalue weighted by Gasteiger charge is -2.15. The molecule has 0 atom stereocenters. The number of aromatic nitrogens is 4. The van der Waals surface area contributed by atoms with Crippen molar-refractivity contribution in [1.82, 2.24) is 19.5 Å². The van der Waals surface area contributed by atoms with E-state index in [9.17, 15) is 0 Å². The number of para-hydroxylation sites is 3. The maximum Gasteiger partial charge on any atom is 0.0972 e. The van der Waals surface area contributed by atoms with Crippen LogP contribution in [0.25, 0.3) is 116 Å². The van der Waals surface area contributed by atoms with Crippen molar-refractivity contribution in [3.63, 3.8) is 0 Å². The Labute approximate surface area is 340 Å². The first-order valence-corrected chi connectivity index (χ1v) is 20.0. The van der Waals surface area contributed by atoms with Gasteiger partial charge in [0.25, 0.3) is 0 Å². The molecule has 12 rings (SSSR count). The highest BCUT2D eigenvalue weighted by Gasteiger charge is 2.22. The van der Waals surface area contributed by atoms with Gasteiger partial charge in [-0.2, -0.15) is 0 Å². The third-order valence-electron chi connectivity index (χ3n) is 11.7. The average Bonchev–Trinajstić information content (AvgIpc) is 3.66. The summed E-state index contributed by atoms with van der Waals surface area (Å²) in [6.07, 6.45) is 0. The SMILES string of the molecule is c1ccc(-c2ccc3ccc4ccc(-c5cccc(-c6cccc7c8ccc9c(-c%10ccccc%10)nc%10ccccc%10c9c8n(-c8ccccc8)c67)c5)nc4c3n2)cc1.